The first-order valence-corrected chi connectivity index (χ1v) is 4.69. The van der Waals surface area contributed by atoms with Crippen LogP contribution in [0.2, 0.25) is 0 Å². The first-order valence-electron chi connectivity index (χ1n) is 4.69. The number of aliphatic hydroxyl groups is 1. The van der Waals surface area contributed by atoms with E-state index >= 15 is 0 Å². The van der Waals surface area contributed by atoms with Gasteiger partial charge in [-0.15, -0.1) is 0 Å². The van der Waals surface area contributed by atoms with Crippen LogP contribution in [0.5, 0.6) is 5.75 Å². The van der Waals surface area contributed by atoms with E-state index in [-0.39, 0.29) is 5.56 Å². The van der Waals surface area contributed by atoms with E-state index in [0.29, 0.717) is 5.75 Å². The van der Waals surface area contributed by atoms with Gasteiger partial charge in [0.15, 0.2) is 6.10 Å². The summed E-state index contributed by atoms with van der Waals surface area (Å²) in [5.41, 5.74) is 1.00. The molecule has 84 valence electrons. The molecule has 1 heterocycles. The Bertz CT molecular complexity index is 532. The van der Waals surface area contributed by atoms with Crippen molar-refractivity contribution >= 4 is 16.9 Å². The number of hydrogen-bond donors (Lipinski definition) is 3. The zero-order valence-corrected chi connectivity index (χ0v) is 8.60. The Hall–Kier alpha value is -2.01. The molecule has 1 aromatic carbocycles. The average molecular weight is 221 g/mol. The van der Waals surface area contributed by atoms with Gasteiger partial charge in [-0.3, -0.25) is 0 Å². The summed E-state index contributed by atoms with van der Waals surface area (Å²) in [6, 6.07) is 5.11. The van der Waals surface area contributed by atoms with Crippen LogP contribution in [-0.2, 0) is 4.79 Å². The number of ether oxygens (including phenoxy) is 1. The minimum atomic E-state index is -1.58. The molecule has 0 saturated carbocycles. The zero-order chi connectivity index (χ0) is 11.7. The van der Waals surface area contributed by atoms with Crippen molar-refractivity contribution in [3.05, 3.63) is 30.0 Å². The van der Waals surface area contributed by atoms with E-state index in [1.54, 1.807) is 18.3 Å². The maximum atomic E-state index is 10.7. The zero-order valence-electron chi connectivity index (χ0n) is 8.60. The highest BCUT2D eigenvalue weighted by molar-refractivity contribution is 5.85. The second-order valence-electron chi connectivity index (χ2n) is 3.40. The summed E-state index contributed by atoms with van der Waals surface area (Å²) in [4.78, 5) is 13.7. The highest BCUT2D eigenvalue weighted by Crippen LogP contribution is 2.30. The van der Waals surface area contributed by atoms with Crippen LogP contribution in [0.1, 0.15) is 11.7 Å². The minimum absolute atomic E-state index is 0.241. The van der Waals surface area contributed by atoms with Crippen molar-refractivity contribution in [2.75, 3.05) is 7.11 Å². The quantitative estimate of drug-likeness (QED) is 0.729. The van der Waals surface area contributed by atoms with Gasteiger partial charge in [0.2, 0.25) is 0 Å². The lowest BCUT2D eigenvalue weighted by Gasteiger charge is -2.11. The molecule has 0 saturated heterocycles. The fourth-order valence-electron chi connectivity index (χ4n) is 1.62. The number of aliphatic carboxylic acids is 1. The molecule has 0 fully saturated rings. The summed E-state index contributed by atoms with van der Waals surface area (Å²) in [6.45, 7) is 0. The van der Waals surface area contributed by atoms with Gasteiger partial charge in [-0.1, -0.05) is 0 Å². The van der Waals surface area contributed by atoms with Crippen molar-refractivity contribution in [2.24, 2.45) is 0 Å². The molecule has 2 rings (SSSR count). The Morgan fingerprint density at radius 1 is 1.50 bits per heavy atom. The number of H-pyrrole nitrogens is 1. The van der Waals surface area contributed by atoms with Crippen molar-refractivity contribution in [2.45, 2.75) is 6.10 Å². The van der Waals surface area contributed by atoms with E-state index in [0.717, 1.165) is 10.9 Å². The van der Waals surface area contributed by atoms with Crippen LogP contribution in [0.15, 0.2) is 24.4 Å². The normalized spacial score (nSPS) is 12.6. The third-order valence-corrected chi connectivity index (χ3v) is 2.43. The number of nitrogens with one attached hydrogen (secondary N) is 1. The number of aromatic nitrogens is 1. The summed E-state index contributed by atoms with van der Waals surface area (Å²) in [7, 11) is 1.44. The molecule has 16 heavy (non-hydrogen) atoms. The number of rotatable bonds is 3. The molecular formula is C11H11NO4. The summed E-state index contributed by atoms with van der Waals surface area (Å²) >= 11 is 0. The number of carboxylic acids is 1. The van der Waals surface area contributed by atoms with Gasteiger partial charge in [0.25, 0.3) is 0 Å². The van der Waals surface area contributed by atoms with E-state index in [4.69, 9.17) is 9.84 Å². The minimum Gasteiger partial charge on any atom is -0.496 e. The van der Waals surface area contributed by atoms with Gasteiger partial charge in [-0.2, -0.15) is 0 Å². The third kappa shape index (κ3) is 1.61. The molecule has 0 spiro atoms. The molecule has 0 bridgehead atoms. The lowest BCUT2D eigenvalue weighted by atomic mass is 10.1. The lowest BCUT2D eigenvalue weighted by molar-refractivity contribution is -0.147. The molecule has 0 amide bonds. The van der Waals surface area contributed by atoms with E-state index in [2.05, 4.69) is 4.98 Å². The van der Waals surface area contributed by atoms with E-state index in [1.807, 2.05) is 6.07 Å². The van der Waals surface area contributed by atoms with Gasteiger partial charge in [0.1, 0.15) is 5.75 Å². The fourth-order valence-corrected chi connectivity index (χ4v) is 1.62. The Balaban J connectivity index is 2.61. The lowest BCUT2D eigenvalue weighted by Crippen LogP contribution is -2.11. The molecule has 0 aliphatic heterocycles. The Kier molecular flexibility index (Phi) is 2.54. The van der Waals surface area contributed by atoms with Crippen molar-refractivity contribution in [3.8, 4) is 5.75 Å². The summed E-state index contributed by atoms with van der Waals surface area (Å²) in [5, 5.41) is 19.2. The molecule has 1 unspecified atom stereocenters. The molecule has 2 aromatic rings. The second-order valence-corrected chi connectivity index (χ2v) is 3.40. The first-order chi connectivity index (χ1) is 7.63. The average Bonchev–Trinajstić information content (AvgIpc) is 2.72. The molecule has 0 aliphatic carbocycles. The smallest absolute Gasteiger partial charge is 0.337 e. The molecule has 5 heteroatoms. The van der Waals surface area contributed by atoms with Crippen LogP contribution in [0, 0.1) is 0 Å². The molecule has 3 N–H and O–H groups in total. The SMILES string of the molecule is COc1cc2cc[nH]c2cc1C(O)C(=O)O. The predicted molar refractivity (Wildman–Crippen MR) is 57.4 cm³/mol. The van der Waals surface area contributed by atoms with Crippen LogP contribution < -0.4 is 4.74 Å². The van der Waals surface area contributed by atoms with E-state index in [9.17, 15) is 9.90 Å². The summed E-state index contributed by atoms with van der Waals surface area (Å²) < 4.78 is 5.06. The van der Waals surface area contributed by atoms with Crippen LogP contribution >= 0.6 is 0 Å². The van der Waals surface area contributed by atoms with Crippen LogP contribution in [0.3, 0.4) is 0 Å². The number of carboxylic acid groups (broad SMARTS) is 1. The molecule has 0 radical (unpaired) electrons. The van der Waals surface area contributed by atoms with E-state index < -0.39 is 12.1 Å². The Morgan fingerprint density at radius 2 is 2.25 bits per heavy atom. The van der Waals surface area contributed by atoms with Gasteiger partial charge in [-0.25, -0.2) is 4.79 Å². The summed E-state index contributed by atoms with van der Waals surface area (Å²) in [6.07, 6.45) is 0.156. The highest BCUT2D eigenvalue weighted by atomic mass is 16.5. The Morgan fingerprint density at radius 3 is 2.88 bits per heavy atom. The number of aliphatic hydroxyl groups excluding tert-OH is 1. The second kappa shape index (κ2) is 3.86. The van der Waals surface area contributed by atoms with Gasteiger partial charge in [-0.05, 0) is 18.2 Å². The molecule has 1 aromatic heterocycles. The fraction of sp³-hybridized carbons (Fsp3) is 0.182. The number of hydrogen-bond acceptors (Lipinski definition) is 3. The number of fused-ring (bicyclic) bond motifs is 1. The molecule has 1 atom stereocenters. The summed E-state index contributed by atoms with van der Waals surface area (Å²) in [5.74, 6) is -0.939. The van der Waals surface area contributed by atoms with E-state index in [1.165, 1.54) is 7.11 Å². The van der Waals surface area contributed by atoms with Gasteiger partial charge < -0.3 is 19.9 Å². The van der Waals surface area contributed by atoms with Crippen LogP contribution in [0.25, 0.3) is 10.9 Å². The van der Waals surface area contributed by atoms with Crippen molar-refractivity contribution in [1.29, 1.82) is 0 Å². The number of benzene rings is 1. The van der Waals surface area contributed by atoms with Crippen molar-refractivity contribution < 1.29 is 19.7 Å². The van der Waals surface area contributed by atoms with Gasteiger partial charge in [0, 0.05) is 22.7 Å². The topological polar surface area (TPSA) is 82.5 Å². The van der Waals surface area contributed by atoms with Crippen molar-refractivity contribution in [3.63, 3.8) is 0 Å². The maximum Gasteiger partial charge on any atom is 0.337 e. The molecule has 0 aliphatic rings. The maximum absolute atomic E-state index is 10.7. The first kappa shape index (κ1) is 10.5. The largest absolute Gasteiger partial charge is 0.496 e. The van der Waals surface area contributed by atoms with Gasteiger partial charge in [0.05, 0.1) is 7.11 Å². The predicted octanol–water partition coefficient (Wildman–Crippen LogP) is 1.29. The number of methoxy groups -OCH3 is 1. The van der Waals surface area contributed by atoms with Gasteiger partial charge >= 0.3 is 5.97 Å². The number of carbonyl (C=O) groups is 1. The monoisotopic (exact) mass is 221 g/mol. The standard InChI is InChI=1S/C11H11NO4/c1-16-9-4-6-2-3-12-8(6)5-7(9)10(13)11(14)15/h2-5,10,12-13H,1H3,(H,14,15). The highest BCUT2D eigenvalue weighted by Gasteiger charge is 2.21. The third-order valence-electron chi connectivity index (χ3n) is 2.43. The number of aromatic amines is 1. The van der Waals surface area contributed by atoms with Crippen LogP contribution in [-0.4, -0.2) is 28.3 Å². The Labute approximate surface area is 91.3 Å². The van der Waals surface area contributed by atoms with Crippen LogP contribution in [0.4, 0.5) is 0 Å². The van der Waals surface area contributed by atoms with Crippen molar-refractivity contribution in [1.82, 2.24) is 4.98 Å². The molecule has 5 nitrogen and oxygen atoms in total. The molecular weight excluding hydrogens is 210 g/mol.